The molecule has 2 aromatic heterocycles. The number of hydrogen-bond acceptors (Lipinski definition) is 4. The molecule has 28 heavy (non-hydrogen) atoms. The van der Waals surface area contributed by atoms with E-state index in [2.05, 4.69) is 25.9 Å². The number of nitrogens with zero attached hydrogens (tertiary/aromatic N) is 4. The van der Waals surface area contributed by atoms with Crippen LogP contribution in [0.25, 0.3) is 0 Å². The molecule has 0 bridgehead atoms. The third kappa shape index (κ3) is 4.98. The second-order valence-corrected chi connectivity index (χ2v) is 8.10. The maximum Gasteiger partial charge on any atom is 0.220 e. The van der Waals surface area contributed by atoms with Crippen LogP contribution in [0.5, 0.6) is 0 Å². The average Bonchev–Trinajstić information content (AvgIpc) is 3.02. The number of aryl methyl sites for hydroxylation is 2. The van der Waals surface area contributed by atoms with Crippen LogP contribution in [-0.4, -0.2) is 38.2 Å². The number of aromatic nitrogens is 3. The van der Waals surface area contributed by atoms with Crippen molar-refractivity contribution in [3.8, 4) is 0 Å². The molecule has 0 unspecified atom stereocenters. The topological polar surface area (TPSA) is 63.1 Å². The van der Waals surface area contributed by atoms with E-state index in [-0.39, 0.29) is 5.91 Å². The van der Waals surface area contributed by atoms with Crippen LogP contribution in [0, 0.1) is 0 Å². The SMILES string of the molecule is O=C(CCc1ccncc1)NCc1cc2n(n1)CCCN(C1CCCCC1)C2. The monoisotopic (exact) mass is 381 g/mol. The van der Waals surface area contributed by atoms with E-state index >= 15 is 0 Å². The number of rotatable bonds is 6. The highest BCUT2D eigenvalue weighted by atomic mass is 16.1. The molecule has 1 aliphatic carbocycles. The van der Waals surface area contributed by atoms with E-state index in [1.54, 1.807) is 12.4 Å². The van der Waals surface area contributed by atoms with Crippen LogP contribution >= 0.6 is 0 Å². The third-order valence-corrected chi connectivity index (χ3v) is 6.04. The normalized spacial score (nSPS) is 18.4. The lowest BCUT2D eigenvalue weighted by Gasteiger charge is -2.33. The van der Waals surface area contributed by atoms with Gasteiger partial charge in [0, 0.05) is 44.5 Å². The first-order valence-corrected chi connectivity index (χ1v) is 10.7. The minimum Gasteiger partial charge on any atom is -0.350 e. The van der Waals surface area contributed by atoms with Crippen molar-refractivity contribution in [3.63, 3.8) is 0 Å². The fraction of sp³-hybridized carbons (Fsp3) is 0.591. The molecule has 0 saturated heterocycles. The van der Waals surface area contributed by atoms with E-state index in [9.17, 15) is 4.79 Å². The van der Waals surface area contributed by atoms with Gasteiger partial charge in [0.25, 0.3) is 0 Å². The van der Waals surface area contributed by atoms with Gasteiger partial charge in [0.05, 0.1) is 17.9 Å². The number of amides is 1. The van der Waals surface area contributed by atoms with Crippen molar-refractivity contribution in [2.45, 2.75) is 77.0 Å². The summed E-state index contributed by atoms with van der Waals surface area (Å²) in [6.45, 7) is 3.66. The van der Waals surface area contributed by atoms with Crippen LogP contribution in [-0.2, 0) is 30.8 Å². The summed E-state index contributed by atoms with van der Waals surface area (Å²) in [6, 6.07) is 6.84. The molecule has 2 aliphatic rings. The van der Waals surface area contributed by atoms with Crippen molar-refractivity contribution in [3.05, 3.63) is 47.5 Å². The van der Waals surface area contributed by atoms with Gasteiger partial charge in [0.1, 0.15) is 0 Å². The molecular formula is C22H31N5O. The Balaban J connectivity index is 1.29. The van der Waals surface area contributed by atoms with Gasteiger partial charge in [-0.25, -0.2) is 0 Å². The summed E-state index contributed by atoms with van der Waals surface area (Å²) >= 11 is 0. The Bertz CT molecular complexity index is 766. The molecule has 1 saturated carbocycles. The van der Waals surface area contributed by atoms with Gasteiger partial charge in [0.2, 0.25) is 5.91 Å². The summed E-state index contributed by atoms with van der Waals surface area (Å²) in [6.07, 6.45) is 12.7. The summed E-state index contributed by atoms with van der Waals surface area (Å²) in [4.78, 5) is 18.8. The Kier molecular flexibility index (Phi) is 6.37. The van der Waals surface area contributed by atoms with Crippen molar-refractivity contribution in [1.82, 2.24) is 25.0 Å². The standard InChI is InChI=1S/C22H31N5O/c28-22(8-7-18-9-11-23-12-10-18)24-16-19-15-21-17-26(13-4-14-27(21)25-19)20-5-2-1-3-6-20/h9-12,15,20H,1-8,13-14,16-17H2,(H,24,28). The van der Waals surface area contributed by atoms with Crippen LogP contribution in [0.15, 0.2) is 30.6 Å². The second kappa shape index (κ2) is 9.32. The maximum absolute atomic E-state index is 12.2. The van der Waals surface area contributed by atoms with Crippen LogP contribution in [0.2, 0.25) is 0 Å². The highest BCUT2D eigenvalue weighted by Gasteiger charge is 2.24. The minimum absolute atomic E-state index is 0.0730. The molecule has 0 spiro atoms. The lowest BCUT2D eigenvalue weighted by Crippen LogP contribution is -2.36. The summed E-state index contributed by atoms with van der Waals surface area (Å²) in [7, 11) is 0. The van der Waals surface area contributed by atoms with Gasteiger partial charge in [-0.05, 0) is 49.4 Å². The minimum atomic E-state index is 0.0730. The second-order valence-electron chi connectivity index (χ2n) is 8.10. The van der Waals surface area contributed by atoms with E-state index < -0.39 is 0 Å². The zero-order valence-corrected chi connectivity index (χ0v) is 16.6. The highest BCUT2D eigenvalue weighted by Crippen LogP contribution is 2.26. The lowest BCUT2D eigenvalue weighted by molar-refractivity contribution is -0.121. The molecule has 0 atom stereocenters. The number of carbonyl (C=O) groups is 1. The van der Waals surface area contributed by atoms with Crippen LogP contribution in [0.4, 0.5) is 0 Å². The molecule has 1 N–H and O–H groups in total. The molecule has 150 valence electrons. The molecule has 6 heteroatoms. The summed E-state index contributed by atoms with van der Waals surface area (Å²) in [5, 5.41) is 7.77. The average molecular weight is 382 g/mol. The fourth-order valence-electron chi connectivity index (χ4n) is 4.48. The van der Waals surface area contributed by atoms with Gasteiger partial charge in [-0.15, -0.1) is 0 Å². The first-order chi connectivity index (χ1) is 13.8. The summed E-state index contributed by atoms with van der Waals surface area (Å²) < 4.78 is 2.15. The van der Waals surface area contributed by atoms with Crippen molar-refractivity contribution in [1.29, 1.82) is 0 Å². The van der Waals surface area contributed by atoms with Crippen LogP contribution in [0.3, 0.4) is 0 Å². The van der Waals surface area contributed by atoms with Crippen molar-refractivity contribution in [2.75, 3.05) is 6.54 Å². The molecule has 3 heterocycles. The van der Waals surface area contributed by atoms with Gasteiger partial charge < -0.3 is 5.32 Å². The van der Waals surface area contributed by atoms with Crippen molar-refractivity contribution < 1.29 is 4.79 Å². The fourth-order valence-corrected chi connectivity index (χ4v) is 4.48. The summed E-state index contributed by atoms with van der Waals surface area (Å²) in [5.74, 6) is 0.0730. The zero-order chi connectivity index (χ0) is 19.2. The van der Waals surface area contributed by atoms with Gasteiger partial charge in [0.15, 0.2) is 0 Å². The molecule has 1 fully saturated rings. The van der Waals surface area contributed by atoms with E-state index in [4.69, 9.17) is 5.10 Å². The van der Waals surface area contributed by atoms with Gasteiger partial charge >= 0.3 is 0 Å². The smallest absolute Gasteiger partial charge is 0.220 e. The largest absolute Gasteiger partial charge is 0.350 e. The number of carbonyl (C=O) groups excluding carboxylic acids is 1. The van der Waals surface area contributed by atoms with Crippen molar-refractivity contribution >= 4 is 5.91 Å². The molecule has 2 aromatic rings. The quantitative estimate of drug-likeness (QED) is 0.835. The molecule has 0 aromatic carbocycles. The Morgan fingerprint density at radius 2 is 1.93 bits per heavy atom. The Hall–Kier alpha value is -2.21. The number of fused-ring (bicyclic) bond motifs is 1. The van der Waals surface area contributed by atoms with Gasteiger partial charge in [-0.3, -0.25) is 19.4 Å². The lowest BCUT2D eigenvalue weighted by atomic mass is 9.94. The Morgan fingerprint density at radius 3 is 2.75 bits per heavy atom. The molecule has 0 radical (unpaired) electrons. The summed E-state index contributed by atoms with van der Waals surface area (Å²) in [5.41, 5.74) is 3.41. The van der Waals surface area contributed by atoms with E-state index in [1.165, 1.54) is 44.3 Å². The van der Waals surface area contributed by atoms with Crippen LogP contribution in [0.1, 0.15) is 61.9 Å². The first kappa shape index (κ1) is 19.1. The molecule has 1 amide bonds. The maximum atomic E-state index is 12.2. The van der Waals surface area contributed by atoms with Crippen molar-refractivity contribution in [2.24, 2.45) is 0 Å². The Labute approximate surface area is 167 Å². The Morgan fingerprint density at radius 1 is 1.11 bits per heavy atom. The molecule has 6 nitrogen and oxygen atoms in total. The number of nitrogens with one attached hydrogen (secondary N) is 1. The van der Waals surface area contributed by atoms with Crippen LogP contribution < -0.4 is 5.32 Å². The molecule has 1 aliphatic heterocycles. The zero-order valence-electron chi connectivity index (χ0n) is 16.6. The van der Waals surface area contributed by atoms with E-state index in [0.717, 1.165) is 43.2 Å². The van der Waals surface area contributed by atoms with E-state index in [0.29, 0.717) is 13.0 Å². The number of hydrogen-bond donors (Lipinski definition) is 1. The highest BCUT2D eigenvalue weighted by molar-refractivity contribution is 5.76. The van der Waals surface area contributed by atoms with Gasteiger partial charge in [-0.1, -0.05) is 19.3 Å². The van der Waals surface area contributed by atoms with Gasteiger partial charge in [-0.2, -0.15) is 5.10 Å². The first-order valence-electron chi connectivity index (χ1n) is 10.7. The molecular weight excluding hydrogens is 350 g/mol. The molecule has 4 rings (SSSR count). The predicted octanol–water partition coefficient (Wildman–Crippen LogP) is 3.07. The predicted molar refractivity (Wildman–Crippen MR) is 109 cm³/mol. The third-order valence-electron chi connectivity index (χ3n) is 6.04. The van der Waals surface area contributed by atoms with E-state index in [1.807, 2.05) is 12.1 Å². The number of pyridine rings is 1.